The Morgan fingerprint density at radius 3 is 2.93 bits per heavy atom. The van der Waals surface area contributed by atoms with E-state index in [1.54, 1.807) is 6.08 Å². The number of carbonyl (C=O) groups excluding carboxylic acids is 2. The van der Waals surface area contributed by atoms with Gasteiger partial charge in [0, 0.05) is 5.92 Å². The zero-order chi connectivity index (χ0) is 11.3. The third kappa shape index (κ3) is 2.81. The van der Waals surface area contributed by atoms with Gasteiger partial charge in [-0.2, -0.15) is 0 Å². The molecule has 1 rings (SSSR count). The summed E-state index contributed by atoms with van der Waals surface area (Å²) in [6, 6.07) is 0. The second-order valence-electron chi connectivity index (χ2n) is 3.61. The summed E-state index contributed by atoms with van der Waals surface area (Å²) in [5.41, 5.74) is 0. The maximum atomic E-state index is 11.9. The molecule has 1 unspecified atom stereocenters. The summed E-state index contributed by atoms with van der Waals surface area (Å²) in [5, 5.41) is 0. The van der Waals surface area contributed by atoms with E-state index in [0.29, 0.717) is 19.6 Å². The van der Waals surface area contributed by atoms with Crippen molar-refractivity contribution in [3.05, 3.63) is 12.7 Å². The molecule has 0 aliphatic carbocycles. The van der Waals surface area contributed by atoms with E-state index in [-0.39, 0.29) is 11.8 Å². The molecule has 0 saturated carbocycles. The molecule has 1 fully saturated rings. The highest BCUT2D eigenvalue weighted by Crippen LogP contribution is 2.17. The molecule has 84 valence electrons. The van der Waals surface area contributed by atoms with E-state index < -0.39 is 6.09 Å². The predicted octanol–water partition coefficient (Wildman–Crippen LogP) is 1.96. The zero-order valence-electron chi connectivity index (χ0n) is 9.07. The molecular formula is C11H17NO3. The first-order chi connectivity index (χ1) is 7.20. The number of nitrogens with zero attached hydrogens (tertiary/aromatic N) is 1. The number of cyclic esters (lactones) is 1. The summed E-state index contributed by atoms with van der Waals surface area (Å²) in [6.07, 6.45) is 3.54. The van der Waals surface area contributed by atoms with Crippen molar-refractivity contribution < 1.29 is 14.3 Å². The Labute approximate surface area is 89.9 Å². The lowest BCUT2D eigenvalue weighted by molar-refractivity contribution is -0.132. The molecule has 1 heterocycles. The van der Waals surface area contributed by atoms with Crippen LogP contribution < -0.4 is 0 Å². The molecule has 15 heavy (non-hydrogen) atoms. The molecule has 2 amide bonds. The molecule has 1 atom stereocenters. The maximum absolute atomic E-state index is 11.9. The molecule has 1 saturated heterocycles. The van der Waals surface area contributed by atoms with E-state index in [4.69, 9.17) is 4.74 Å². The van der Waals surface area contributed by atoms with Crippen molar-refractivity contribution in [3.8, 4) is 0 Å². The second-order valence-corrected chi connectivity index (χ2v) is 3.61. The van der Waals surface area contributed by atoms with E-state index in [1.807, 2.05) is 6.92 Å². The van der Waals surface area contributed by atoms with Gasteiger partial charge in [-0.3, -0.25) is 4.79 Å². The molecule has 1 aliphatic heterocycles. The summed E-state index contributed by atoms with van der Waals surface area (Å²) >= 11 is 0. The van der Waals surface area contributed by atoms with Gasteiger partial charge in [-0.05, 0) is 12.8 Å². The van der Waals surface area contributed by atoms with Crippen LogP contribution in [-0.4, -0.2) is 30.1 Å². The van der Waals surface area contributed by atoms with Crippen LogP contribution in [-0.2, 0) is 9.53 Å². The van der Waals surface area contributed by atoms with Gasteiger partial charge in [-0.15, -0.1) is 6.58 Å². The van der Waals surface area contributed by atoms with Crippen molar-refractivity contribution in [3.63, 3.8) is 0 Å². The maximum Gasteiger partial charge on any atom is 0.416 e. The quantitative estimate of drug-likeness (QED) is 0.653. The molecule has 4 heteroatoms. The van der Waals surface area contributed by atoms with Crippen LogP contribution in [0.3, 0.4) is 0 Å². The number of allylic oxidation sites excluding steroid dienone is 1. The Morgan fingerprint density at radius 2 is 2.47 bits per heavy atom. The van der Waals surface area contributed by atoms with Crippen LogP contribution in [0.1, 0.15) is 26.2 Å². The first-order valence-electron chi connectivity index (χ1n) is 5.29. The SMILES string of the molecule is C=CCC(CCC)C(=O)N1CCOC1=O. The van der Waals surface area contributed by atoms with E-state index >= 15 is 0 Å². The summed E-state index contributed by atoms with van der Waals surface area (Å²) in [6.45, 7) is 6.34. The van der Waals surface area contributed by atoms with Crippen LogP contribution >= 0.6 is 0 Å². The lowest BCUT2D eigenvalue weighted by atomic mass is 9.98. The molecule has 0 radical (unpaired) electrons. The Balaban J connectivity index is 2.61. The number of amides is 2. The fourth-order valence-corrected chi connectivity index (χ4v) is 1.71. The minimum Gasteiger partial charge on any atom is -0.447 e. The highest BCUT2D eigenvalue weighted by atomic mass is 16.6. The van der Waals surface area contributed by atoms with E-state index in [1.165, 1.54) is 4.90 Å². The number of carbonyl (C=O) groups is 2. The Kier molecular flexibility index (Phi) is 4.34. The van der Waals surface area contributed by atoms with Gasteiger partial charge in [-0.1, -0.05) is 19.4 Å². The first kappa shape index (κ1) is 11.8. The van der Waals surface area contributed by atoms with Crippen molar-refractivity contribution in [2.24, 2.45) is 5.92 Å². The molecule has 0 bridgehead atoms. The molecular weight excluding hydrogens is 194 g/mol. The van der Waals surface area contributed by atoms with Gasteiger partial charge in [0.2, 0.25) is 5.91 Å². The Morgan fingerprint density at radius 1 is 1.73 bits per heavy atom. The molecule has 0 N–H and O–H groups in total. The molecule has 0 aromatic heterocycles. The van der Waals surface area contributed by atoms with Crippen LogP contribution in [0.2, 0.25) is 0 Å². The van der Waals surface area contributed by atoms with Gasteiger partial charge < -0.3 is 4.74 Å². The summed E-state index contributed by atoms with van der Waals surface area (Å²) in [5.74, 6) is -0.252. The van der Waals surface area contributed by atoms with E-state index in [2.05, 4.69) is 6.58 Å². The number of ether oxygens (including phenoxy) is 1. The Bertz CT molecular complexity index is 263. The van der Waals surface area contributed by atoms with Crippen LogP contribution in [0.4, 0.5) is 4.79 Å². The van der Waals surface area contributed by atoms with Crippen molar-refractivity contribution in [1.29, 1.82) is 0 Å². The number of rotatable bonds is 5. The van der Waals surface area contributed by atoms with Crippen molar-refractivity contribution in [2.45, 2.75) is 26.2 Å². The van der Waals surface area contributed by atoms with Crippen LogP contribution in [0.25, 0.3) is 0 Å². The normalized spacial score (nSPS) is 17.4. The monoisotopic (exact) mass is 211 g/mol. The predicted molar refractivity (Wildman–Crippen MR) is 56.3 cm³/mol. The third-order valence-corrected chi connectivity index (χ3v) is 2.46. The highest BCUT2D eigenvalue weighted by Gasteiger charge is 2.32. The summed E-state index contributed by atoms with van der Waals surface area (Å²) in [4.78, 5) is 24.3. The first-order valence-corrected chi connectivity index (χ1v) is 5.29. The molecule has 1 aliphatic rings. The van der Waals surface area contributed by atoms with Gasteiger partial charge >= 0.3 is 6.09 Å². The van der Waals surface area contributed by atoms with Crippen molar-refractivity contribution in [1.82, 2.24) is 4.90 Å². The van der Waals surface area contributed by atoms with Gasteiger partial charge in [0.05, 0.1) is 6.54 Å². The smallest absolute Gasteiger partial charge is 0.416 e. The number of hydrogen-bond donors (Lipinski definition) is 0. The average Bonchev–Trinajstić information content (AvgIpc) is 2.63. The zero-order valence-corrected chi connectivity index (χ0v) is 9.07. The van der Waals surface area contributed by atoms with E-state index in [0.717, 1.165) is 12.8 Å². The minimum atomic E-state index is -0.509. The Hall–Kier alpha value is -1.32. The average molecular weight is 211 g/mol. The van der Waals surface area contributed by atoms with E-state index in [9.17, 15) is 9.59 Å². The fourth-order valence-electron chi connectivity index (χ4n) is 1.71. The van der Waals surface area contributed by atoms with Gasteiger partial charge in [0.25, 0.3) is 0 Å². The second kappa shape index (κ2) is 5.53. The molecule has 4 nitrogen and oxygen atoms in total. The minimum absolute atomic E-state index is 0.126. The van der Waals surface area contributed by atoms with Crippen LogP contribution in [0.5, 0.6) is 0 Å². The van der Waals surface area contributed by atoms with Gasteiger partial charge in [-0.25, -0.2) is 9.69 Å². The van der Waals surface area contributed by atoms with Gasteiger partial charge in [0.15, 0.2) is 0 Å². The number of hydrogen-bond acceptors (Lipinski definition) is 3. The highest BCUT2D eigenvalue weighted by molar-refractivity contribution is 5.94. The van der Waals surface area contributed by atoms with Crippen molar-refractivity contribution in [2.75, 3.05) is 13.2 Å². The topological polar surface area (TPSA) is 46.6 Å². The molecule has 0 spiro atoms. The largest absolute Gasteiger partial charge is 0.447 e. The van der Waals surface area contributed by atoms with Crippen molar-refractivity contribution >= 4 is 12.0 Å². The van der Waals surface area contributed by atoms with Crippen LogP contribution in [0, 0.1) is 5.92 Å². The summed E-state index contributed by atoms with van der Waals surface area (Å²) in [7, 11) is 0. The molecule has 0 aromatic rings. The van der Waals surface area contributed by atoms with Gasteiger partial charge in [0.1, 0.15) is 6.61 Å². The lowest BCUT2D eigenvalue weighted by Crippen LogP contribution is -2.36. The summed E-state index contributed by atoms with van der Waals surface area (Å²) < 4.78 is 4.73. The standard InChI is InChI=1S/C11H17NO3/c1-3-5-9(6-4-2)10(13)12-7-8-15-11(12)14/h3,9H,1,4-8H2,2H3. The third-order valence-electron chi connectivity index (χ3n) is 2.46. The fraction of sp³-hybridized carbons (Fsp3) is 0.636. The lowest BCUT2D eigenvalue weighted by Gasteiger charge is -2.18. The number of imide groups is 1. The van der Waals surface area contributed by atoms with Crippen LogP contribution in [0.15, 0.2) is 12.7 Å². The molecule has 0 aromatic carbocycles.